The van der Waals surface area contributed by atoms with Crippen molar-refractivity contribution in [3.63, 3.8) is 0 Å². The molecular weight excluding hydrogens is 359 g/mol. The summed E-state index contributed by atoms with van der Waals surface area (Å²) in [5.41, 5.74) is 0.178. The van der Waals surface area contributed by atoms with E-state index >= 15 is 0 Å². The number of rotatable bonds is 6. The Morgan fingerprint density at radius 3 is 2.58 bits per heavy atom. The van der Waals surface area contributed by atoms with E-state index in [1.807, 2.05) is 0 Å². The molecule has 0 aliphatic rings. The molecule has 0 heterocycles. The molecule has 2 aromatic rings. The second kappa shape index (κ2) is 7.25. The van der Waals surface area contributed by atoms with Crippen molar-refractivity contribution in [3.05, 3.63) is 68.5 Å². The minimum absolute atomic E-state index is 0.0151. The maximum absolute atomic E-state index is 13.5. The fourth-order valence-electron chi connectivity index (χ4n) is 2.09. The topological polar surface area (TPSA) is 89.3 Å². The van der Waals surface area contributed by atoms with Crippen molar-refractivity contribution in [1.29, 1.82) is 0 Å². The van der Waals surface area contributed by atoms with Crippen molar-refractivity contribution < 1.29 is 17.7 Å². The number of halogens is 2. The van der Waals surface area contributed by atoms with Crippen molar-refractivity contribution in [2.45, 2.75) is 18.2 Å². The van der Waals surface area contributed by atoms with Gasteiger partial charge in [-0.3, -0.25) is 10.1 Å². The number of nitrogens with zero attached hydrogens (tertiary/aromatic N) is 1. The number of nitro benzene ring substituents is 1. The van der Waals surface area contributed by atoms with E-state index in [1.165, 1.54) is 19.1 Å². The average Bonchev–Trinajstić information content (AvgIpc) is 2.51. The summed E-state index contributed by atoms with van der Waals surface area (Å²) in [6.07, 6.45) is 0.146. The molecule has 1 N–H and O–H groups in total. The van der Waals surface area contributed by atoms with Gasteiger partial charge >= 0.3 is 0 Å². The molecule has 0 radical (unpaired) electrons. The molecule has 2 aromatic carbocycles. The van der Waals surface area contributed by atoms with Crippen LogP contribution >= 0.6 is 11.6 Å². The number of hydrogen-bond acceptors (Lipinski definition) is 4. The second-order valence-corrected chi connectivity index (χ2v) is 7.22. The first-order chi connectivity index (χ1) is 11.2. The first-order valence-corrected chi connectivity index (χ1v) is 8.76. The zero-order valence-corrected chi connectivity index (χ0v) is 14.2. The number of nitro groups is 1. The minimum atomic E-state index is -4.00. The Hall–Kier alpha value is -2.03. The molecule has 2 rings (SSSR count). The van der Waals surface area contributed by atoms with E-state index in [1.54, 1.807) is 12.1 Å². The summed E-state index contributed by atoms with van der Waals surface area (Å²) >= 11 is 5.87. The fourth-order valence-corrected chi connectivity index (χ4v) is 3.45. The van der Waals surface area contributed by atoms with Gasteiger partial charge in [0.05, 0.1) is 14.8 Å². The van der Waals surface area contributed by atoms with Gasteiger partial charge in [-0.25, -0.2) is 17.5 Å². The van der Waals surface area contributed by atoms with E-state index in [-0.39, 0.29) is 34.1 Å². The van der Waals surface area contributed by atoms with Crippen LogP contribution < -0.4 is 4.72 Å². The molecule has 0 bridgehead atoms. The van der Waals surface area contributed by atoms with Crippen molar-refractivity contribution >= 4 is 27.3 Å². The third-order valence-corrected chi connectivity index (χ3v) is 5.27. The van der Waals surface area contributed by atoms with Crippen LogP contribution in [0.3, 0.4) is 0 Å². The van der Waals surface area contributed by atoms with Crippen LogP contribution in [0.2, 0.25) is 5.02 Å². The SMILES string of the molecule is Cc1c(Cl)cc(S(=O)(=O)NCCc2ccccc2F)cc1[N+](=O)[O-]. The van der Waals surface area contributed by atoms with Crippen LogP contribution in [0, 0.1) is 22.9 Å². The molecule has 0 unspecified atom stereocenters. The highest BCUT2D eigenvalue weighted by atomic mass is 35.5. The molecule has 9 heteroatoms. The highest BCUT2D eigenvalue weighted by Crippen LogP contribution is 2.29. The zero-order chi connectivity index (χ0) is 17.9. The monoisotopic (exact) mass is 372 g/mol. The van der Waals surface area contributed by atoms with E-state index in [0.29, 0.717) is 5.56 Å². The molecular formula is C15H14ClFN2O4S. The van der Waals surface area contributed by atoms with E-state index in [2.05, 4.69) is 4.72 Å². The number of benzene rings is 2. The summed E-state index contributed by atoms with van der Waals surface area (Å²) in [6, 6.07) is 8.12. The Balaban J connectivity index is 2.19. The lowest BCUT2D eigenvalue weighted by Gasteiger charge is -2.09. The summed E-state index contributed by atoms with van der Waals surface area (Å²) in [5.74, 6) is -0.425. The molecule has 6 nitrogen and oxygen atoms in total. The molecule has 0 saturated heterocycles. The van der Waals surface area contributed by atoms with E-state index in [9.17, 15) is 22.9 Å². The lowest BCUT2D eigenvalue weighted by molar-refractivity contribution is -0.385. The van der Waals surface area contributed by atoms with Crippen LogP contribution in [0.25, 0.3) is 0 Å². The molecule has 0 amide bonds. The normalized spacial score (nSPS) is 11.5. The van der Waals surface area contributed by atoms with Gasteiger partial charge in [0.25, 0.3) is 5.69 Å². The lowest BCUT2D eigenvalue weighted by atomic mass is 10.1. The molecule has 0 spiro atoms. The van der Waals surface area contributed by atoms with Crippen molar-refractivity contribution in [1.82, 2.24) is 4.72 Å². The molecule has 0 aliphatic carbocycles. The number of sulfonamides is 1. The zero-order valence-electron chi connectivity index (χ0n) is 12.6. The number of hydrogen-bond donors (Lipinski definition) is 1. The van der Waals surface area contributed by atoms with Crippen molar-refractivity contribution in [2.24, 2.45) is 0 Å². The van der Waals surface area contributed by atoms with Gasteiger partial charge in [0.2, 0.25) is 10.0 Å². The Labute approximate surface area is 143 Å². The van der Waals surface area contributed by atoms with Gasteiger partial charge in [-0.2, -0.15) is 0 Å². The third kappa shape index (κ3) is 4.08. The van der Waals surface area contributed by atoms with Crippen LogP contribution in [0.5, 0.6) is 0 Å². The van der Waals surface area contributed by atoms with Crippen LogP contribution in [0.15, 0.2) is 41.3 Å². The van der Waals surface area contributed by atoms with E-state index in [0.717, 1.165) is 12.1 Å². The Morgan fingerprint density at radius 1 is 1.29 bits per heavy atom. The average molecular weight is 373 g/mol. The Kier molecular flexibility index (Phi) is 5.53. The minimum Gasteiger partial charge on any atom is -0.258 e. The molecule has 0 saturated carbocycles. The number of nitrogens with one attached hydrogen (secondary N) is 1. The molecule has 0 aromatic heterocycles. The first-order valence-electron chi connectivity index (χ1n) is 6.90. The van der Waals surface area contributed by atoms with Gasteiger partial charge in [0.15, 0.2) is 0 Å². The highest BCUT2D eigenvalue weighted by Gasteiger charge is 2.22. The summed E-state index contributed by atoms with van der Waals surface area (Å²) in [5, 5.41) is 11.0. The second-order valence-electron chi connectivity index (χ2n) is 5.05. The first kappa shape index (κ1) is 18.3. The standard InChI is InChI=1S/C15H14ClFN2O4S/c1-10-13(16)8-12(9-15(10)19(20)21)24(22,23)18-7-6-11-4-2-3-5-14(11)17/h2-5,8-9,18H,6-7H2,1H3. The fraction of sp³-hybridized carbons (Fsp3) is 0.200. The Bertz CT molecular complexity index is 887. The molecule has 0 atom stereocenters. The quantitative estimate of drug-likeness (QED) is 0.622. The predicted octanol–water partition coefficient (Wildman–Crippen LogP) is 3.22. The van der Waals surface area contributed by atoms with Gasteiger partial charge < -0.3 is 0 Å². The lowest BCUT2D eigenvalue weighted by Crippen LogP contribution is -2.26. The predicted molar refractivity (Wildman–Crippen MR) is 88.1 cm³/mol. The maximum Gasteiger partial charge on any atom is 0.275 e. The van der Waals surface area contributed by atoms with Gasteiger partial charge in [0, 0.05) is 18.2 Å². The van der Waals surface area contributed by atoms with Crippen LogP contribution in [-0.2, 0) is 16.4 Å². The van der Waals surface area contributed by atoms with Crippen LogP contribution in [0.4, 0.5) is 10.1 Å². The molecule has 128 valence electrons. The van der Waals surface area contributed by atoms with Crippen LogP contribution in [0.1, 0.15) is 11.1 Å². The third-order valence-electron chi connectivity index (χ3n) is 3.44. The molecule has 24 heavy (non-hydrogen) atoms. The van der Waals surface area contributed by atoms with Gasteiger partial charge in [0.1, 0.15) is 5.82 Å². The largest absolute Gasteiger partial charge is 0.275 e. The summed E-state index contributed by atoms with van der Waals surface area (Å²) in [6.45, 7) is 1.38. The van der Waals surface area contributed by atoms with Crippen LogP contribution in [-0.4, -0.2) is 19.9 Å². The smallest absolute Gasteiger partial charge is 0.258 e. The van der Waals surface area contributed by atoms with Crippen molar-refractivity contribution in [2.75, 3.05) is 6.54 Å². The molecule has 0 aliphatic heterocycles. The summed E-state index contributed by atoms with van der Waals surface area (Å²) in [4.78, 5) is 9.98. The summed E-state index contributed by atoms with van der Waals surface area (Å²) in [7, 11) is -4.00. The van der Waals surface area contributed by atoms with Gasteiger partial charge in [-0.1, -0.05) is 29.8 Å². The Morgan fingerprint density at radius 2 is 1.96 bits per heavy atom. The highest BCUT2D eigenvalue weighted by molar-refractivity contribution is 7.89. The molecule has 0 fully saturated rings. The maximum atomic E-state index is 13.5. The van der Waals surface area contributed by atoms with Crippen molar-refractivity contribution in [3.8, 4) is 0 Å². The van der Waals surface area contributed by atoms with E-state index < -0.39 is 20.8 Å². The van der Waals surface area contributed by atoms with Gasteiger partial charge in [-0.15, -0.1) is 0 Å². The van der Waals surface area contributed by atoms with E-state index in [4.69, 9.17) is 11.6 Å². The van der Waals surface area contributed by atoms with Gasteiger partial charge in [-0.05, 0) is 31.0 Å². The summed E-state index contributed by atoms with van der Waals surface area (Å²) < 4.78 is 40.3.